The molecular formula is C11H14O3. The number of aromatic hydroxyl groups is 1. The number of hydrogen-bond donors (Lipinski definition) is 2. The van der Waals surface area contributed by atoms with Crippen LogP contribution in [0.3, 0.4) is 0 Å². The van der Waals surface area contributed by atoms with E-state index in [2.05, 4.69) is 0 Å². The maximum Gasteiger partial charge on any atom is 0.303 e. The molecule has 0 saturated carbocycles. The third kappa shape index (κ3) is 2.49. The summed E-state index contributed by atoms with van der Waals surface area (Å²) in [6.07, 6.45) is 0.0858. The molecule has 0 aliphatic rings. The highest BCUT2D eigenvalue weighted by Crippen LogP contribution is 2.25. The Morgan fingerprint density at radius 1 is 1.50 bits per heavy atom. The first-order valence-electron chi connectivity index (χ1n) is 4.52. The van der Waals surface area contributed by atoms with Crippen LogP contribution in [0, 0.1) is 6.92 Å². The second kappa shape index (κ2) is 4.13. The third-order valence-electron chi connectivity index (χ3n) is 2.28. The molecule has 1 atom stereocenters. The minimum absolute atomic E-state index is 0.0704. The number of benzene rings is 1. The van der Waals surface area contributed by atoms with E-state index in [1.807, 2.05) is 13.0 Å². The minimum Gasteiger partial charge on any atom is -0.508 e. The molecule has 0 saturated heterocycles. The van der Waals surface area contributed by atoms with Gasteiger partial charge in [-0.2, -0.15) is 0 Å². The third-order valence-corrected chi connectivity index (χ3v) is 2.28. The van der Waals surface area contributed by atoms with E-state index in [-0.39, 0.29) is 18.1 Å². The maximum atomic E-state index is 10.5. The van der Waals surface area contributed by atoms with Crippen LogP contribution in [0.2, 0.25) is 0 Å². The van der Waals surface area contributed by atoms with Gasteiger partial charge in [0.25, 0.3) is 0 Å². The standard InChI is InChI=1S/C11H14O3/c1-7-3-4-9(6-10(7)12)8(2)5-11(13)14/h3-4,6,8,12H,5H2,1-2H3,(H,13,14)/t8-/m0/s1. The predicted octanol–water partition coefficient (Wildman–Crippen LogP) is 2.28. The molecule has 0 heterocycles. The first kappa shape index (κ1) is 10.6. The van der Waals surface area contributed by atoms with E-state index in [1.54, 1.807) is 19.1 Å². The van der Waals surface area contributed by atoms with Crippen molar-refractivity contribution in [3.05, 3.63) is 29.3 Å². The van der Waals surface area contributed by atoms with Gasteiger partial charge in [-0.1, -0.05) is 19.1 Å². The van der Waals surface area contributed by atoms with Crippen molar-refractivity contribution in [2.45, 2.75) is 26.2 Å². The quantitative estimate of drug-likeness (QED) is 0.776. The summed E-state index contributed by atoms with van der Waals surface area (Å²) in [5.41, 5.74) is 1.66. The maximum absolute atomic E-state index is 10.5. The number of rotatable bonds is 3. The first-order valence-corrected chi connectivity index (χ1v) is 4.52. The van der Waals surface area contributed by atoms with Crippen molar-refractivity contribution >= 4 is 5.97 Å². The van der Waals surface area contributed by atoms with Gasteiger partial charge in [-0.15, -0.1) is 0 Å². The van der Waals surface area contributed by atoms with Gasteiger partial charge in [-0.3, -0.25) is 4.79 Å². The first-order chi connectivity index (χ1) is 6.50. The topological polar surface area (TPSA) is 57.5 Å². The molecule has 76 valence electrons. The van der Waals surface area contributed by atoms with Crippen LogP contribution >= 0.6 is 0 Å². The SMILES string of the molecule is Cc1ccc([C@@H](C)CC(=O)O)cc1O. The van der Waals surface area contributed by atoms with Crippen molar-refractivity contribution in [2.75, 3.05) is 0 Å². The Hall–Kier alpha value is -1.51. The summed E-state index contributed by atoms with van der Waals surface area (Å²) in [4.78, 5) is 10.5. The molecule has 0 unspecified atom stereocenters. The molecule has 1 aromatic rings. The predicted molar refractivity (Wildman–Crippen MR) is 53.5 cm³/mol. The van der Waals surface area contributed by atoms with Gasteiger partial charge in [0.2, 0.25) is 0 Å². The van der Waals surface area contributed by atoms with E-state index in [0.29, 0.717) is 0 Å². The number of carboxylic acids is 1. The lowest BCUT2D eigenvalue weighted by molar-refractivity contribution is -0.137. The van der Waals surface area contributed by atoms with Crippen LogP contribution in [-0.2, 0) is 4.79 Å². The molecule has 14 heavy (non-hydrogen) atoms. The molecule has 0 aliphatic carbocycles. The van der Waals surface area contributed by atoms with Gasteiger partial charge >= 0.3 is 5.97 Å². The Morgan fingerprint density at radius 3 is 2.64 bits per heavy atom. The number of aliphatic carboxylic acids is 1. The number of phenols is 1. The zero-order chi connectivity index (χ0) is 10.7. The van der Waals surface area contributed by atoms with Gasteiger partial charge in [0.15, 0.2) is 0 Å². The molecule has 0 radical (unpaired) electrons. The van der Waals surface area contributed by atoms with Crippen LogP contribution in [0.1, 0.15) is 30.4 Å². The fourth-order valence-corrected chi connectivity index (χ4v) is 1.31. The number of phenolic OH excluding ortho intramolecular Hbond substituents is 1. The lowest BCUT2D eigenvalue weighted by Gasteiger charge is -2.10. The Labute approximate surface area is 83.0 Å². The molecule has 0 fully saturated rings. The van der Waals surface area contributed by atoms with Crippen LogP contribution < -0.4 is 0 Å². The fraction of sp³-hybridized carbons (Fsp3) is 0.364. The normalized spacial score (nSPS) is 12.4. The summed E-state index contributed by atoms with van der Waals surface area (Å²) in [5, 5.41) is 18.0. The molecule has 0 spiro atoms. The van der Waals surface area contributed by atoms with Gasteiger partial charge < -0.3 is 10.2 Å². The lowest BCUT2D eigenvalue weighted by atomic mass is 9.96. The Morgan fingerprint density at radius 2 is 2.14 bits per heavy atom. The highest BCUT2D eigenvalue weighted by Gasteiger charge is 2.10. The number of carboxylic acid groups (broad SMARTS) is 1. The van der Waals surface area contributed by atoms with Crippen LogP contribution in [0.4, 0.5) is 0 Å². The van der Waals surface area contributed by atoms with Crippen molar-refractivity contribution in [1.82, 2.24) is 0 Å². The molecule has 0 aromatic heterocycles. The van der Waals surface area contributed by atoms with Crippen LogP contribution in [0.25, 0.3) is 0 Å². The molecule has 0 aliphatic heterocycles. The monoisotopic (exact) mass is 194 g/mol. The summed E-state index contributed by atoms with van der Waals surface area (Å²) in [5.74, 6) is -0.670. The molecule has 1 rings (SSSR count). The number of carbonyl (C=O) groups is 1. The molecule has 3 nitrogen and oxygen atoms in total. The highest BCUT2D eigenvalue weighted by molar-refractivity contribution is 5.68. The van der Waals surface area contributed by atoms with Crippen LogP contribution in [0.5, 0.6) is 5.75 Å². The second-order valence-corrected chi connectivity index (χ2v) is 3.54. The van der Waals surface area contributed by atoms with Gasteiger partial charge in [0.1, 0.15) is 5.75 Å². The average molecular weight is 194 g/mol. The molecule has 0 amide bonds. The van der Waals surface area contributed by atoms with E-state index in [0.717, 1.165) is 11.1 Å². The highest BCUT2D eigenvalue weighted by atomic mass is 16.4. The van der Waals surface area contributed by atoms with E-state index in [9.17, 15) is 9.90 Å². The summed E-state index contributed by atoms with van der Waals surface area (Å²) >= 11 is 0. The lowest BCUT2D eigenvalue weighted by Crippen LogP contribution is -2.02. The van der Waals surface area contributed by atoms with E-state index in [1.165, 1.54) is 0 Å². The van der Waals surface area contributed by atoms with Crippen molar-refractivity contribution < 1.29 is 15.0 Å². The van der Waals surface area contributed by atoms with E-state index >= 15 is 0 Å². The van der Waals surface area contributed by atoms with Crippen molar-refractivity contribution in [2.24, 2.45) is 0 Å². The number of aryl methyl sites for hydroxylation is 1. The van der Waals surface area contributed by atoms with Crippen molar-refractivity contribution in [3.8, 4) is 5.75 Å². The zero-order valence-electron chi connectivity index (χ0n) is 8.32. The fourth-order valence-electron chi connectivity index (χ4n) is 1.31. The van der Waals surface area contributed by atoms with E-state index in [4.69, 9.17) is 5.11 Å². The van der Waals surface area contributed by atoms with Gasteiger partial charge in [-0.25, -0.2) is 0 Å². The number of hydrogen-bond acceptors (Lipinski definition) is 2. The average Bonchev–Trinajstić information content (AvgIpc) is 2.08. The van der Waals surface area contributed by atoms with Crippen molar-refractivity contribution in [3.63, 3.8) is 0 Å². The smallest absolute Gasteiger partial charge is 0.303 e. The van der Waals surface area contributed by atoms with Gasteiger partial charge in [-0.05, 0) is 30.0 Å². The molecule has 0 bridgehead atoms. The molecular weight excluding hydrogens is 180 g/mol. The van der Waals surface area contributed by atoms with Crippen LogP contribution in [-0.4, -0.2) is 16.2 Å². The van der Waals surface area contributed by atoms with Crippen molar-refractivity contribution in [1.29, 1.82) is 0 Å². The molecule has 3 heteroatoms. The Balaban J connectivity index is 2.85. The largest absolute Gasteiger partial charge is 0.508 e. The summed E-state index contributed by atoms with van der Waals surface area (Å²) in [7, 11) is 0. The summed E-state index contributed by atoms with van der Waals surface area (Å²) < 4.78 is 0. The Kier molecular flexibility index (Phi) is 3.12. The van der Waals surface area contributed by atoms with Crippen LogP contribution in [0.15, 0.2) is 18.2 Å². The second-order valence-electron chi connectivity index (χ2n) is 3.54. The summed E-state index contributed by atoms with van der Waals surface area (Å²) in [6, 6.07) is 5.27. The zero-order valence-corrected chi connectivity index (χ0v) is 8.32. The minimum atomic E-state index is -0.822. The molecule has 2 N–H and O–H groups in total. The Bertz CT molecular complexity index is 344. The van der Waals surface area contributed by atoms with E-state index < -0.39 is 5.97 Å². The van der Waals surface area contributed by atoms with Gasteiger partial charge in [0.05, 0.1) is 6.42 Å². The summed E-state index contributed by atoms with van der Waals surface area (Å²) in [6.45, 7) is 3.64. The molecule has 1 aromatic carbocycles. The van der Waals surface area contributed by atoms with Gasteiger partial charge in [0, 0.05) is 0 Å².